The van der Waals surface area contributed by atoms with E-state index in [1.807, 2.05) is 6.92 Å². The Morgan fingerprint density at radius 3 is 2.63 bits per heavy atom. The van der Waals surface area contributed by atoms with Crippen molar-refractivity contribution in [2.45, 2.75) is 57.2 Å². The normalized spacial score (nSPS) is 26.5. The molecule has 1 aliphatic carbocycles. The molecule has 2 aromatic carbocycles. The minimum Gasteiger partial charge on any atom is -0.508 e. The standard InChI is InChI=1S/C37H41F3N6O3/c1-4-25-28(39)9-8-20-12-24(47)13-26(30(20)25)32-31(40)33-27(15-41-32)34(45-16-21-6-7-22(17-45)29(21)35(48)44(2)3)43-36(42-33)49-19-37-10-5-11-46(37)18-23(38)14-37/h8-9,12-13,15,21-23,29,47H,4-7,10-11,14,16-19H2,1-3H3/t21-,22+,23-,29?,37+/m1/s1. The summed E-state index contributed by atoms with van der Waals surface area (Å²) in [6.45, 7) is 4.31. The molecule has 4 fully saturated rings. The average molecular weight is 675 g/mol. The first kappa shape index (κ1) is 32.0. The highest BCUT2D eigenvalue weighted by molar-refractivity contribution is 6.01. The van der Waals surface area contributed by atoms with Crippen LogP contribution >= 0.6 is 0 Å². The summed E-state index contributed by atoms with van der Waals surface area (Å²) in [5.74, 6) is -0.496. The molecule has 1 N–H and O–H groups in total. The Morgan fingerprint density at radius 2 is 1.90 bits per heavy atom. The SMILES string of the molecule is CCc1c(F)ccc2cc(O)cc(-c3ncc4c(N5C[C@H]6CC[C@@H](C5)C6C(=O)N(C)C)nc(OC[C@@]56CCCN5C[C@H](F)C6)nc4c3F)c12. The molecule has 0 spiro atoms. The first-order valence-corrected chi connectivity index (χ1v) is 17.4. The fourth-order valence-electron chi connectivity index (χ4n) is 9.29. The van der Waals surface area contributed by atoms with Crippen LogP contribution in [-0.4, -0.2) is 94.4 Å². The fraction of sp³-hybridized carbons (Fsp3) is 0.514. The number of amides is 1. The van der Waals surface area contributed by atoms with Gasteiger partial charge in [-0.3, -0.25) is 14.7 Å². The first-order chi connectivity index (χ1) is 23.6. The molecule has 4 aromatic rings. The predicted molar refractivity (Wildman–Crippen MR) is 180 cm³/mol. The molecule has 258 valence electrons. The molecular weight excluding hydrogens is 633 g/mol. The highest BCUT2D eigenvalue weighted by Gasteiger charge is 2.50. The number of hydrogen-bond acceptors (Lipinski definition) is 8. The van der Waals surface area contributed by atoms with Gasteiger partial charge in [-0.25, -0.2) is 13.2 Å². The van der Waals surface area contributed by atoms with E-state index in [1.54, 1.807) is 25.1 Å². The van der Waals surface area contributed by atoms with Crippen molar-refractivity contribution in [1.82, 2.24) is 24.8 Å². The largest absolute Gasteiger partial charge is 0.508 e. The van der Waals surface area contributed by atoms with Gasteiger partial charge in [0, 0.05) is 57.8 Å². The fourth-order valence-corrected chi connectivity index (χ4v) is 9.29. The first-order valence-electron chi connectivity index (χ1n) is 17.4. The van der Waals surface area contributed by atoms with E-state index in [0.717, 1.165) is 32.2 Å². The van der Waals surface area contributed by atoms with E-state index >= 15 is 8.78 Å². The van der Waals surface area contributed by atoms with Gasteiger partial charge in [0.05, 0.1) is 10.9 Å². The van der Waals surface area contributed by atoms with Crippen LogP contribution in [0.2, 0.25) is 0 Å². The Kier molecular flexibility index (Phi) is 7.84. The molecule has 2 bridgehead atoms. The minimum absolute atomic E-state index is 0.00893. The highest BCUT2D eigenvalue weighted by atomic mass is 19.1. The van der Waals surface area contributed by atoms with Crippen molar-refractivity contribution >= 4 is 33.4 Å². The summed E-state index contributed by atoms with van der Waals surface area (Å²) in [4.78, 5) is 33.1. The lowest BCUT2D eigenvalue weighted by Crippen LogP contribution is -2.48. The summed E-state index contributed by atoms with van der Waals surface area (Å²) in [6.07, 6.45) is 4.91. The number of carbonyl (C=O) groups is 1. The predicted octanol–water partition coefficient (Wildman–Crippen LogP) is 5.90. The molecule has 8 rings (SSSR count). The number of fused-ring (bicyclic) bond motifs is 5. The van der Waals surface area contributed by atoms with E-state index in [4.69, 9.17) is 9.72 Å². The van der Waals surface area contributed by atoms with Crippen LogP contribution in [0.25, 0.3) is 32.9 Å². The second kappa shape index (κ2) is 12.0. The van der Waals surface area contributed by atoms with Crippen LogP contribution in [0.5, 0.6) is 11.8 Å². The van der Waals surface area contributed by atoms with Gasteiger partial charge in [-0.05, 0) is 85.0 Å². The molecule has 4 aliphatic rings. The number of phenols is 1. The topological polar surface area (TPSA) is 94.9 Å². The quantitative estimate of drug-likeness (QED) is 0.259. The number of aryl methyl sites for hydroxylation is 1. The van der Waals surface area contributed by atoms with E-state index < -0.39 is 23.3 Å². The van der Waals surface area contributed by atoms with Gasteiger partial charge in [0.1, 0.15) is 41.4 Å². The lowest BCUT2D eigenvalue weighted by molar-refractivity contribution is -0.135. The maximum absolute atomic E-state index is 17.0. The number of alkyl halides is 1. The molecule has 1 unspecified atom stereocenters. The van der Waals surface area contributed by atoms with E-state index in [2.05, 4.69) is 19.8 Å². The zero-order chi connectivity index (χ0) is 34.2. The second-order valence-corrected chi connectivity index (χ2v) is 14.6. The van der Waals surface area contributed by atoms with Gasteiger partial charge in [-0.1, -0.05) is 13.0 Å². The molecule has 0 radical (unpaired) electrons. The number of carbonyl (C=O) groups excluding carboxylic acids is 1. The van der Waals surface area contributed by atoms with Crippen LogP contribution in [0.4, 0.5) is 19.0 Å². The molecule has 1 amide bonds. The average Bonchev–Trinajstić information content (AvgIpc) is 3.69. The third-order valence-corrected chi connectivity index (χ3v) is 11.5. The zero-order valence-corrected chi connectivity index (χ0v) is 28.1. The molecule has 5 heterocycles. The van der Waals surface area contributed by atoms with Gasteiger partial charge in [0.2, 0.25) is 5.91 Å². The number of pyridine rings is 1. The van der Waals surface area contributed by atoms with Crippen LogP contribution in [-0.2, 0) is 11.2 Å². The third-order valence-electron chi connectivity index (χ3n) is 11.5. The summed E-state index contributed by atoms with van der Waals surface area (Å²) in [5.41, 5.74) is 0.122. The van der Waals surface area contributed by atoms with Crippen LogP contribution in [0, 0.1) is 29.4 Å². The molecule has 9 nitrogen and oxygen atoms in total. The molecule has 49 heavy (non-hydrogen) atoms. The second-order valence-electron chi connectivity index (χ2n) is 14.6. The zero-order valence-electron chi connectivity index (χ0n) is 28.1. The maximum atomic E-state index is 17.0. The lowest BCUT2D eigenvalue weighted by Gasteiger charge is -2.39. The Hall–Kier alpha value is -4.19. The number of aromatic hydroxyl groups is 1. The Labute approximate surface area is 283 Å². The van der Waals surface area contributed by atoms with E-state index in [0.29, 0.717) is 60.0 Å². The Balaban J connectivity index is 1.25. The highest BCUT2D eigenvalue weighted by Crippen LogP contribution is 2.46. The molecule has 3 aliphatic heterocycles. The van der Waals surface area contributed by atoms with Gasteiger partial charge in [0.15, 0.2) is 5.82 Å². The molecule has 1 saturated carbocycles. The molecule has 3 saturated heterocycles. The Bertz CT molecular complexity index is 1960. The number of hydrogen-bond donors (Lipinski definition) is 1. The lowest BCUT2D eigenvalue weighted by atomic mass is 9.84. The van der Waals surface area contributed by atoms with Crippen molar-refractivity contribution in [3.8, 4) is 23.0 Å². The molecule has 12 heteroatoms. The van der Waals surface area contributed by atoms with Crippen molar-refractivity contribution in [3.63, 3.8) is 0 Å². The molecule has 5 atom stereocenters. The number of nitrogens with zero attached hydrogens (tertiary/aromatic N) is 6. The summed E-state index contributed by atoms with van der Waals surface area (Å²) in [7, 11) is 3.57. The van der Waals surface area contributed by atoms with Gasteiger partial charge < -0.3 is 19.6 Å². The number of halogens is 3. The van der Waals surface area contributed by atoms with Crippen LogP contribution in [0.3, 0.4) is 0 Å². The summed E-state index contributed by atoms with van der Waals surface area (Å²) >= 11 is 0. The van der Waals surface area contributed by atoms with Gasteiger partial charge in [-0.15, -0.1) is 0 Å². The van der Waals surface area contributed by atoms with Gasteiger partial charge >= 0.3 is 6.01 Å². The van der Waals surface area contributed by atoms with Gasteiger partial charge in [-0.2, -0.15) is 9.97 Å². The maximum Gasteiger partial charge on any atom is 0.319 e. The van der Waals surface area contributed by atoms with Crippen molar-refractivity contribution in [3.05, 3.63) is 47.7 Å². The van der Waals surface area contributed by atoms with E-state index in [-0.39, 0.29) is 58.8 Å². The molecular formula is C37H41F3N6O3. The number of ether oxygens (including phenoxy) is 1. The van der Waals surface area contributed by atoms with Crippen LogP contribution < -0.4 is 9.64 Å². The van der Waals surface area contributed by atoms with Crippen LogP contribution in [0.15, 0.2) is 30.5 Å². The number of rotatable bonds is 7. The Morgan fingerprint density at radius 1 is 1.12 bits per heavy atom. The van der Waals surface area contributed by atoms with E-state index in [1.165, 1.54) is 24.4 Å². The number of benzene rings is 2. The number of aromatic nitrogens is 3. The smallest absolute Gasteiger partial charge is 0.319 e. The van der Waals surface area contributed by atoms with Gasteiger partial charge in [0.25, 0.3) is 0 Å². The minimum atomic E-state index is -0.931. The van der Waals surface area contributed by atoms with Crippen molar-refractivity contribution in [2.24, 2.45) is 17.8 Å². The monoisotopic (exact) mass is 674 g/mol. The molecule has 2 aromatic heterocycles. The van der Waals surface area contributed by atoms with E-state index in [9.17, 15) is 14.3 Å². The number of phenolic OH excluding ortho intramolecular Hbond substituents is 1. The number of piperidine rings is 1. The van der Waals surface area contributed by atoms with Crippen molar-refractivity contribution < 1.29 is 27.8 Å². The summed E-state index contributed by atoms with van der Waals surface area (Å²) in [5, 5.41) is 12.1. The number of anilines is 1. The summed E-state index contributed by atoms with van der Waals surface area (Å²) < 4.78 is 52.9. The van der Waals surface area contributed by atoms with Crippen LogP contribution in [0.1, 0.15) is 44.6 Å². The third kappa shape index (κ3) is 5.25. The van der Waals surface area contributed by atoms with Crippen molar-refractivity contribution in [2.75, 3.05) is 51.8 Å². The summed E-state index contributed by atoms with van der Waals surface area (Å²) in [6, 6.07) is 5.83. The van der Waals surface area contributed by atoms with Crippen molar-refractivity contribution in [1.29, 1.82) is 0 Å².